The zero-order valence-corrected chi connectivity index (χ0v) is 26.8. The third kappa shape index (κ3) is 8.05. The molecule has 4 atom stereocenters. The van der Waals surface area contributed by atoms with E-state index in [0.717, 1.165) is 6.07 Å². The molecule has 1 aliphatic rings. The molecule has 1 aliphatic heterocycles. The van der Waals surface area contributed by atoms with Gasteiger partial charge < -0.3 is 20.3 Å². The molecule has 3 N–H and O–H groups in total. The second-order valence-electron chi connectivity index (χ2n) is 12.7. The number of aliphatic hydroxyl groups is 2. The van der Waals surface area contributed by atoms with Crippen molar-refractivity contribution in [2.45, 2.75) is 83.1 Å². The number of ether oxygens (including phenoxy) is 1. The first kappa shape index (κ1) is 35.2. The average molecular weight is 641 g/mol. The van der Waals surface area contributed by atoms with Crippen LogP contribution >= 0.6 is 23.2 Å². The molecule has 2 aromatic carbocycles. The Bertz CT molecular complexity index is 1330. The highest BCUT2D eigenvalue weighted by molar-refractivity contribution is 6.31. The predicted molar refractivity (Wildman–Crippen MR) is 163 cm³/mol. The number of nitrogens with one attached hydrogen (secondary N) is 1. The van der Waals surface area contributed by atoms with Crippen molar-refractivity contribution in [3.05, 3.63) is 69.2 Å². The van der Waals surface area contributed by atoms with E-state index in [-0.39, 0.29) is 47.5 Å². The summed E-state index contributed by atoms with van der Waals surface area (Å²) in [7, 11) is 0. The maximum Gasteiger partial charge on any atom is 0.238 e. The van der Waals surface area contributed by atoms with Gasteiger partial charge in [0, 0.05) is 35.6 Å². The number of carbonyl (C=O) groups excluding carboxylic acids is 1. The Hall–Kier alpha value is -2.32. The van der Waals surface area contributed by atoms with Crippen molar-refractivity contribution < 1.29 is 28.5 Å². The first-order valence-corrected chi connectivity index (χ1v) is 15.1. The quantitative estimate of drug-likeness (QED) is 0.196. The summed E-state index contributed by atoms with van der Waals surface area (Å²) in [6.45, 7) is 9.08. The number of carbonyl (C=O) groups is 1. The number of nitriles is 1. The predicted octanol–water partition coefficient (Wildman–Crippen LogP) is 5.94. The monoisotopic (exact) mass is 639 g/mol. The van der Waals surface area contributed by atoms with Crippen LogP contribution in [0, 0.1) is 28.4 Å². The molecule has 2 aromatic rings. The summed E-state index contributed by atoms with van der Waals surface area (Å²) in [5, 5.41) is 33.8. The van der Waals surface area contributed by atoms with Crippen LogP contribution in [0.1, 0.15) is 70.9 Å². The zero-order chi connectivity index (χ0) is 32.2. The fourth-order valence-electron chi connectivity index (χ4n) is 6.09. The molecule has 0 saturated carbocycles. The molecule has 7 nitrogen and oxygen atoms in total. The third-order valence-corrected chi connectivity index (χ3v) is 8.25. The van der Waals surface area contributed by atoms with Gasteiger partial charge in [-0.3, -0.25) is 9.69 Å². The average Bonchev–Trinajstić information content (AvgIpc) is 3.15. The van der Waals surface area contributed by atoms with E-state index in [9.17, 15) is 20.3 Å². The van der Waals surface area contributed by atoms with Crippen LogP contribution in [0.25, 0.3) is 0 Å². The highest BCUT2D eigenvalue weighted by atomic mass is 35.5. The van der Waals surface area contributed by atoms with Gasteiger partial charge in [0.05, 0.1) is 30.3 Å². The van der Waals surface area contributed by atoms with Crippen LogP contribution < -0.4 is 5.32 Å². The van der Waals surface area contributed by atoms with E-state index >= 15 is 8.78 Å². The topological polar surface area (TPSA) is 106 Å². The maximum atomic E-state index is 15.9. The lowest BCUT2D eigenvalue weighted by Gasteiger charge is -2.39. The number of halogens is 4. The number of aliphatic hydroxyl groups excluding tert-OH is 1. The van der Waals surface area contributed by atoms with Crippen molar-refractivity contribution in [2.24, 2.45) is 5.41 Å². The number of hydrogen-bond donors (Lipinski definition) is 3. The lowest BCUT2D eigenvalue weighted by atomic mass is 9.62. The lowest BCUT2D eigenvalue weighted by molar-refractivity contribution is -0.176. The van der Waals surface area contributed by atoms with Gasteiger partial charge in [-0.25, -0.2) is 8.78 Å². The van der Waals surface area contributed by atoms with Gasteiger partial charge in [-0.15, -0.1) is 0 Å². The second-order valence-corrected chi connectivity index (χ2v) is 13.5. The van der Waals surface area contributed by atoms with E-state index in [1.165, 1.54) is 44.2 Å². The minimum atomic E-state index is -1.77. The number of amides is 1. The molecule has 1 amide bonds. The second kappa shape index (κ2) is 14.2. The number of β-amino-alcohol motifs (C(OH)–C–C–N with tert-alkyl or cyclic N) is 1. The fourth-order valence-corrected chi connectivity index (χ4v) is 6.43. The fraction of sp³-hybridized carbons (Fsp3) is 0.562. The van der Waals surface area contributed by atoms with Gasteiger partial charge in [0.1, 0.15) is 17.0 Å². The number of rotatable bonds is 12. The molecule has 43 heavy (non-hydrogen) atoms. The van der Waals surface area contributed by atoms with Crippen molar-refractivity contribution in [1.29, 1.82) is 5.26 Å². The SMILES string of the molecule is CC(C)(C)CC1N(CCO)C(C(=O)NCCCCOC(C)(C)O)C(c2cccc(Cl)c2F)C1(C#N)c1ccc(Cl)cc1F. The van der Waals surface area contributed by atoms with Crippen LogP contribution in [0.4, 0.5) is 8.78 Å². The minimum absolute atomic E-state index is 0.00137. The molecule has 0 aromatic heterocycles. The van der Waals surface area contributed by atoms with Gasteiger partial charge in [-0.1, -0.05) is 62.2 Å². The molecule has 0 spiro atoms. The van der Waals surface area contributed by atoms with Gasteiger partial charge in [0.15, 0.2) is 5.79 Å². The van der Waals surface area contributed by atoms with E-state index in [1.807, 2.05) is 20.8 Å². The molecular formula is C32H41Cl2F2N3O4. The van der Waals surface area contributed by atoms with Crippen molar-refractivity contribution in [3.63, 3.8) is 0 Å². The first-order valence-electron chi connectivity index (χ1n) is 14.4. The van der Waals surface area contributed by atoms with Crippen LogP contribution in [-0.4, -0.2) is 65.2 Å². The minimum Gasteiger partial charge on any atom is -0.395 e. The van der Waals surface area contributed by atoms with Gasteiger partial charge in [-0.2, -0.15) is 5.26 Å². The summed E-state index contributed by atoms with van der Waals surface area (Å²) in [5.74, 6) is -4.52. The van der Waals surface area contributed by atoms with Crippen molar-refractivity contribution in [1.82, 2.24) is 10.2 Å². The standard InChI is InChI=1S/C32H41Cl2F2N3O4/c1-30(2,3)18-25-32(19-37,22-12-11-20(33)17-24(22)35)26(21-9-8-10-23(34)27(21)36)28(39(25)14-15-40)29(41)38-13-6-7-16-43-31(4,5)42/h8-12,17,25-26,28,40,42H,6-7,13-16,18H2,1-5H3,(H,38,41). The molecule has 11 heteroatoms. The Morgan fingerprint density at radius 2 is 1.86 bits per heavy atom. The Morgan fingerprint density at radius 3 is 2.44 bits per heavy atom. The molecule has 3 rings (SSSR count). The van der Waals surface area contributed by atoms with Crippen LogP contribution in [0.5, 0.6) is 0 Å². The van der Waals surface area contributed by atoms with E-state index in [0.29, 0.717) is 19.3 Å². The van der Waals surface area contributed by atoms with E-state index in [2.05, 4.69) is 11.4 Å². The number of benzene rings is 2. The highest BCUT2D eigenvalue weighted by Gasteiger charge is 2.64. The summed E-state index contributed by atoms with van der Waals surface area (Å²) in [4.78, 5) is 15.8. The van der Waals surface area contributed by atoms with Gasteiger partial charge >= 0.3 is 0 Å². The number of hydrogen-bond acceptors (Lipinski definition) is 6. The highest BCUT2D eigenvalue weighted by Crippen LogP contribution is 2.56. The van der Waals surface area contributed by atoms with Crippen LogP contribution in [0.15, 0.2) is 36.4 Å². The lowest BCUT2D eigenvalue weighted by Crippen LogP contribution is -2.50. The molecular weight excluding hydrogens is 599 g/mol. The Kier molecular flexibility index (Phi) is 11.6. The zero-order valence-electron chi connectivity index (χ0n) is 25.3. The molecule has 1 heterocycles. The Balaban J connectivity index is 2.20. The molecule has 4 unspecified atom stereocenters. The summed E-state index contributed by atoms with van der Waals surface area (Å²) in [6.07, 6.45) is 1.39. The summed E-state index contributed by atoms with van der Waals surface area (Å²) in [5.41, 5.74) is -2.20. The maximum absolute atomic E-state index is 15.9. The Labute approximate surface area is 262 Å². The summed E-state index contributed by atoms with van der Waals surface area (Å²) >= 11 is 12.3. The van der Waals surface area contributed by atoms with Gasteiger partial charge in [0.2, 0.25) is 5.91 Å². The summed E-state index contributed by atoms with van der Waals surface area (Å²) in [6, 6.07) is 8.77. The molecule has 0 bridgehead atoms. The Morgan fingerprint density at radius 1 is 1.16 bits per heavy atom. The molecule has 236 valence electrons. The van der Waals surface area contributed by atoms with E-state index in [1.54, 1.807) is 4.90 Å². The normalized spacial score (nSPS) is 22.9. The van der Waals surface area contributed by atoms with Crippen molar-refractivity contribution >= 4 is 29.1 Å². The molecule has 1 saturated heterocycles. The van der Waals surface area contributed by atoms with Crippen molar-refractivity contribution in [2.75, 3.05) is 26.3 Å². The number of likely N-dealkylation sites (tertiary alicyclic amines) is 1. The van der Waals surface area contributed by atoms with Crippen LogP contribution in [0.3, 0.4) is 0 Å². The smallest absolute Gasteiger partial charge is 0.238 e. The van der Waals surface area contributed by atoms with Gasteiger partial charge in [-0.05, 0) is 62.3 Å². The van der Waals surface area contributed by atoms with E-state index in [4.69, 9.17) is 27.9 Å². The van der Waals surface area contributed by atoms with Crippen LogP contribution in [-0.2, 0) is 14.9 Å². The third-order valence-electron chi connectivity index (χ3n) is 7.73. The largest absolute Gasteiger partial charge is 0.395 e. The molecule has 0 aliphatic carbocycles. The van der Waals surface area contributed by atoms with Gasteiger partial charge in [0.25, 0.3) is 0 Å². The summed E-state index contributed by atoms with van der Waals surface area (Å²) < 4.78 is 37.2. The van der Waals surface area contributed by atoms with E-state index < -0.39 is 52.2 Å². The van der Waals surface area contributed by atoms with Crippen LogP contribution in [0.2, 0.25) is 10.0 Å². The molecule has 0 radical (unpaired) electrons. The first-order chi connectivity index (χ1) is 20.1. The molecule has 1 fully saturated rings. The number of unbranched alkanes of at least 4 members (excludes halogenated alkanes) is 1. The van der Waals surface area contributed by atoms with Crippen molar-refractivity contribution in [3.8, 4) is 6.07 Å². The number of nitrogens with zero attached hydrogens (tertiary/aromatic N) is 2.